The van der Waals surface area contributed by atoms with Crippen LogP contribution in [0.1, 0.15) is 19.5 Å². The van der Waals surface area contributed by atoms with Crippen LogP contribution in [0.25, 0.3) is 0 Å². The average Bonchev–Trinajstić information content (AvgIpc) is 2.44. The molecule has 1 N–H and O–H groups in total. The third kappa shape index (κ3) is 4.99. The minimum Gasteiger partial charge on any atom is -0.439 e. The first kappa shape index (κ1) is 15.7. The van der Waals surface area contributed by atoms with Crippen LogP contribution in [0.5, 0.6) is 11.6 Å². The number of rotatable bonds is 6. The van der Waals surface area contributed by atoms with Gasteiger partial charge in [-0.05, 0) is 42.8 Å². The molecule has 3 nitrogen and oxygen atoms in total. The van der Waals surface area contributed by atoms with Crippen molar-refractivity contribution in [2.45, 2.75) is 20.4 Å². The molecule has 0 bridgehead atoms. The second-order valence-corrected chi connectivity index (χ2v) is 5.57. The molecule has 0 spiro atoms. The van der Waals surface area contributed by atoms with E-state index in [9.17, 15) is 4.39 Å². The number of hydrogen-bond donors (Lipinski definition) is 1. The van der Waals surface area contributed by atoms with Crippen molar-refractivity contribution in [1.29, 1.82) is 0 Å². The van der Waals surface area contributed by atoms with E-state index in [-0.39, 0.29) is 5.82 Å². The van der Waals surface area contributed by atoms with Crippen molar-refractivity contribution in [3.63, 3.8) is 0 Å². The molecule has 1 aromatic heterocycles. The van der Waals surface area contributed by atoms with Gasteiger partial charge in [0.15, 0.2) is 0 Å². The smallest absolute Gasteiger partial charge is 0.219 e. The van der Waals surface area contributed by atoms with Gasteiger partial charge in [-0.25, -0.2) is 9.37 Å². The molecule has 112 valence electrons. The molecule has 0 aliphatic rings. The van der Waals surface area contributed by atoms with Gasteiger partial charge in [-0.1, -0.05) is 25.4 Å². The molecule has 1 heterocycles. The molecule has 0 unspecified atom stereocenters. The fourth-order valence-corrected chi connectivity index (χ4v) is 1.92. The first-order chi connectivity index (χ1) is 10.0. The van der Waals surface area contributed by atoms with E-state index in [1.54, 1.807) is 24.3 Å². The van der Waals surface area contributed by atoms with E-state index in [0.29, 0.717) is 29.1 Å². The molecule has 0 saturated heterocycles. The average molecular weight is 309 g/mol. The first-order valence-electron chi connectivity index (χ1n) is 6.84. The Morgan fingerprint density at radius 1 is 1.19 bits per heavy atom. The molecule has 0 radical (unpaired) electrons. The molecule has 5 heteroatoms. The predicted molar refractivity (Wildman–Crippen MR) is 82.3 cm³/mol. The molecular formula is C16H18ClFN2O. The van der Waals surface area contributed by atoms with Crippen LogP contribution in [-0.4, -0.2) is 11.5 Å². The molecule has 2 aromatic rings. The van der Waals surface area contributed by atoms with Crippen molar-refractivity contribution in [3.05, 3.63) is 52.9 Å². The third-order valence-corrected chi connectivity index (χ3v) is 3.12. The molecule has 2 rings (SSSR count). The summed E-state index contributed by atoms with van der Waals surface area (Å²) in [7, 11) is 0. The Hall–Kier alpha value is -1.65. The quantitative estimate of drug-likeness (QED) is 0.858. The highest BCUT2D eigenvalue weighted by Gasteiger charge is 2.06. The number of hydrogen-bond acceptors (Lipinski definition) is 3. The van der Waals surface area contributed by atoms with Crippen molar-refractivity contribution in [3.8, 4) is 11.6 Å². The van der Waals surface area contributed by atoms with Gasteiger partial charge in [0.25, 0.3) is 0 Å². The SMILES string of the molecule is CC(C)CNCc1nc(Oc2ccc(F)cc2)ccc1Cl. The van der Waals surface area contributed by atoms with Crippen LogP contribution < -0.4 is 10.1 Å². The Labute approximate surface area is 129 Å². The van der Waals surface area contributed by atoms with Crippen LogP contribution in [0, 0.1) is 11.7 Å². The summed E-state index contributed by atoms with van der Waals surface area (Å²) in [6.07, 6.45) is 0. The summed E-state index contributed by atoms with van der Waals surface area (Å²) < 4.78 is 18.4. The highest BCUT2D eigenvalue weighted by Crippen LogP contribution is 2.23. The van der Waals surface area contributed by atoms with Gasteiger partial charge in [0, 0.05) is 12.6 Å². The van der Waals surface area contributed by atoms with E-state index >= 15 is 0 Å². The second kappa shape index (κ2) is 7.38. The lowest BCUT2D eigenvalue weighted by molar-refractivity contribution is 0.457. The van der Waals surface area contributed by atoms with Crippen LogP contribution >= 0.6 is 11.6 Å². The highest BCUT2D eigenvalue weighted by atomic mass is 35.5. The minimum absolute atomic E-state index is 0.301. The first-order valence-corrected chi connectivity index (χ1v) is 7.22. The third-order valence-electron chi connectivity index (χ3n) is 2.77. The van der Waals surface area contributed by atoms with Gasteiger partial charge in [0.2, 0.25) is 5.88 Å². The fraction of sp³-hybridized carbons (Fsp3) is 0.312. The Morgan fingerprint density at radius 2 is 1.90 bits per heavy atom. The van der Waals surface area contributed by atoms with Gasteiger partial charge in [-0.15, -0.1) is 0 Å². The van der Waals surface area contributed by atoms with Crippen molar-refractivity contribution in [2.24, 2.45) is 5.92 Å². The summed E-state index contributed by atoms with van der Waals surface area (Å²) in [5.74, 6) is 1.23. The van der Waals surface area contributed by atoms with E-state index in [2.05, 4.69) is 24.1 Å². The molecular weight excluding hydrogens is 291 g/mol. The summed E-state index contributed by atoms with van der Waals surface area (Å²) >= 11 is 6.13. The van der Waals surface area contributed by atoms with E-state index in [0.717, 1.165) is 12.2 Å². The van der Waals surface area contributed by atoms with Gasteiger partial charge in [0.05, 0.1) is 10.7 Å². The van der Waals surface area contributed by atoms with Gasteiger partial charge in [0.1, 0.15) is 11.6 Å². The Morgan fingerprint density at radius 3 is 2.57 bits per heavy atom. The summed E-state index contributed by atoms with van der Waals surface area (Å²) in [6, 6.07) is 9.24. The highest BCUT2D eigenvalue weighted by molar-refractivity contribution is 6.31. The summed E-state index contributed by atoms with van der Waals surface area (Å²) in [6.45, 7) is 5.74. The van der Waals surface area contributed by atoms with E-state index in [1.807, 2.05) is 0 Å². The molecule has 0 atom stereocenters. The Kier molecular flexibility index (Phi) is 5.53. The van der Waals surface area contributed by atoms with Gasteiger partial charge >= 0.3 is 0 Å². The standard InChI is InChI=1S/C16H18ClFN2O/c1-11(2)9-19-10-15-14(17)7-8-16(20-15)21-13-5-3-12(18)4-6-13/h3-8,11,19H,9-10H2,1-2H3. The van der Waals surface area contributed by atoms with Gasteiger partial charge in [-0.2, -0.15) is 0 Å². The maximum atomic E-state index is 12.9. The zero-order valence-electron chi connectivity index (χ0n) is 12.1. The normalized spacial score (nSPS) is 10.9. The largest absolute Gasteiger partial charge is 0.439 e. The lowest BCUT2D eigenvalue weighted by Crippen LogP contribution is -2.19. The molecule has 0 aliphatic heterocycles. The molecule has 0 aliphatic carbocycles. The molecule has 0 fully saturated rings. The zero-order valence-corrected chi connectivity index (χ0v) is 12.8. The molecule has 0 amide bonds. The van der Waals surface area contributed by atoms with Crippen LogP contribution in [0.3, 0.4) is 0 Å². The molecule has 21 heavy (non-hydrogen) atoms. The monoisotopic (exact) mass is 308 g/mol. The summed E-state index contributed by atoms with van der Waals surface area (Å²) in [4.78, 5) is 4.38. The number of nitrogens with one attached hydrogen (secondary N) is 1. The number of halogens is 2. The van der Waals surface area contributed by atoms with E-state index in [4.69, 9.17) is 16.3 Å². The molecule has 1 aromatic carbocycles. The Bertz CT molecular complexity index is 587. The lowest BCUT2D eigenvalue weighted by Gasteiger charge is -2.10. The van der Waals surface area contributed by atoms with Gasteiger partial charge in [-0.3, -0.25) is 0 Å². The summed E-state index contributed by atoms with van der Waals surface area (Å²) in [5, 5.41) is 3.88. The number of ether oxygens (including phenoxy) is 1. The van der Waals surface area contributed by atoms with Gasteiger partial charge < -0.3 is 10.1 Å². The van der Waals surface area contributed by atoms with Crippen molar-refractivity contribution < 1.29 is 9.13 Å². The number of benzene rings is 1. The molecule has 0 saturated carbocycles. The fourth-order valence-electron chi connectivity index (χ4n) is 1.75. The van der Waals surface area contributed by atoms with Crippen molar-refractivity contribution >= 4 is 11.6 Å². The lowest BCUT2D eigenvalue weighted by atomic mass is 10.2. The van der Waals surface area contributed by atoms with Crippen molar-refractivity contribution in [1.82, 2.24) is 10.3 Å². The maximum Gasteiger partial charge on any atom is 0.219 e. The zero-order chi connectivity index (χ0) is 15.2. The van der Waals surface area contributed by atoms with Crippen LogP contribution in [0.15, 0.2) is 36.4 Å². The predicted octanol–water partition coefficient (Wildman–Crippen LogP) is 4.41. The van der Waals surface area contributed by atoms with Crippen molar-refractivity contribution in [2.75, 3.05) is 6.54 Å². The number of aromatic nitrogens is 1. The topological polar surface area (TPSA) is 34.2 Å². The number of pyridine rings is 1. The van der Waals surface area contributed by atoms with Crippen LogP contribution in [-0.2, 0) is 6.54 Å². The van der Waals surface area contributed by atoms with Crippen LogP contribution in [0.4, 0.5) is 4.39 Å². The van der Waals surface area contributed by atoms with E-state index in [1.165, 1.54) is 12.1 Å². The van der Waals surface area contributed by atoms with Crippen LogP contribution in [0.2, 0.25) is 5.02 Å². The Balaban J connectivity index is 2.05. The van der Waals surface area contributed by atoms with E-state index < -0.39 is 0 Å². The number of nitrogens with zero attached hydrogens (tertiary/aromatic N) is 1. The second-order valence-electron chi connectivity index (χ2n) is 5.16. The summed E-state index contributed by atoms with van der Waals surface area (Å²) in [5.41, 5.74) is 0.733. The minimum atomic E-state index is -0.301. The maximum absolute atomic E-state index is 12.9.